The molecule has 1 unspecified atom stereocenters. The Kier molecular flexibility index (Phi) is 5.07. The Morgan fingerprint density at radius 1 is 1.43 bits per heavy atom. The predicted molar refractivity (Wildman–Crippen MR) is 69.4 cm³/mol. The summed E-state index contributed by atoms with van der Waals surface area (Å²) in [6.45, 7) is 0.415. The Morgan fingerprint density at radius 3 is 2.48 bits per heavy atom. The lowest BCUT2D eigenvalue weighted by atomic mass is 10.2. The molecule has 0 amide bonds. The van der Waals surface area contributed by atoms with E-state index in [2.05, 4.69) is 0 Å². The van der Waals surface area contributed by atoms with Crippen LogP contribution in [0.2, 0.25) is 0 Å². The minimum Gasteiger partial charge on any atom is -0.495 e. The van der Waals surface area contributed by atoms with Crippen molar-refractivity contribution in [2.75, 3.05) is 19.4 Å². The first kappa shape index (κ1) is 17.5. The highest BCUT2D eigenvalue weighted by Gasteiger charge is 2.39. The van der Waals surface area contributed by atoms with Gasteiger partial charge in [0.2, 0.25) is 10.0 Å². The molecular formula is C11H15F3N2O4S. The van der Waals surface area contributed by atoms with Crippen molar-refractivity contribution in [2.24, 2.45) is 0 Å². The highest BCUT2D eigenvalue weighted by Crippen LogP contribution is 2.29. The van der Waals surface area contributed by atoms with Crippen LogP contribution in [-0.2, 0) is 10.0 Å². The number of hydrogen-bond donors (Lipinski definition) is 3. The van der Waals surface area contributed by atoms with Crippen molar-refractivity contribution >= 4 is 15.7 Å². The maximum atomic E-state index is 12.2. The number of benzene rings is 1. The minimum absolute atomic E-state index is 0.0595. The summed E-state index contributed by atoms with van der Waals surface area (Å²) in [5.41, 5.74) is 6.29. The molecule has 6 nitrogen and oxygen atoms in total. The van der Waals surface area contributed by atoms with E-state index in [9.17, 15) is 21.6 Å². The Hall–Kier alpha value is -1.52. The van der Waals surface area contributed by atoms with Gasteiger partial charge in [0.15, 0.2) is 6.10 Å². The molecule has 1 aromatic rings. The molecule has 0 saturated heterocycles. The zero-order valence-electron chi connectivity index (χ0n) is 11.2. The molecule has 1 atom stereocenters. The summed E-state index contributed by atoms with van der Waals surface area (Å²) in [5.74, 6) is -0.0595. The molecule has 0 radical (unpaired) electrons. The molecule has 120 valence electrons. The van der Waals surface area contributed by atoms with Gasteiger partial charge in [0.25, 0.3) is 0 Å². The van der Waals surface area contributed by atoms with Crippen LogP contribution in [0.4, 0.5) is 18.9 Å². The fourth-order valence-corrected chi connectivity index (χ4v) is 2.65. The van der Waals surface area contributed by atoms with Crippen LogP contribution in [0.5, 0.6) is 5.75 Å². The third-order valence-electron chi connectivity index (χ3n) is 2.69. The van der Waals surface area contributed by atoms with E-state index in [-0.39, 0.29) is 11.4 Å². The molecule has 1 aromatic carbocycles. The lowest BCUT2D eigenvalue weighted by Gasteiger charge is -2.16. The van der Waals surface area contributed by atoms with Crippen molar-refractivity contribution in [3.63, 3.8) is 0 Å². The Bertz CT molecular complexity index is 617. The summed E-state index contributed by atoms with van der Waals surface area (Å²) >= 11 is 0. The number of aliphatic hydroxyl groups is 1. The van der Waals surface area contributed by atoms with Crippen LogP contribution in [0.1, 0.15) is 5.56 Å². The highest BCUT2D eigenvalue weighted by atomic mass is 32.2. The van der Waals surface area contributed by atoms with Crippen molar-refractivity contribution in [1.82, 2.24) is 4.72 Å². The maximum absolute atomic E-state index is 12.2. The number of nitrogens with one attached hydrogen (secondary N) is 1. The van der Waals surface area contributed by atoms with Crippen LogP contribution in [-0.4, -0.2) is 39.5 Å². The standard InChI is InChI=1S/C11H15F3N2O4S/c1-6-3-8(20-2)9(4-7(6)15)21(18,19)16-5-10(17)11(12,13)14/h3-4,10,16-17H,5,15H2,1-2H3. The van der Waals surface area contributed by atoms with Crippen molar-refractivity contribution < 1.29 is 31.4 Å². The molecule has 0 aromatic heterocycles. The maximum Gasteiger partial charge on any atom is 0.415 e. The molecule has 0 bridgehead atoms. The molecular weight excluding hydrogens is 313 g/mol. The number of anilines is 1. The number of halogens is 3. The van der Waals surface area contributed by atoms with E-state index in [0.717, 1.165) is 6.07 Å². The average molecular weight is 328 g/mol. The molecule has 4 N–H and O–H groups in total. The van der Waals surface area contributed by atoms with Crippen molar-refractivity contribution in [3.8, 4) is 5.75 Å². The number of nitrogens with two attached hydrogens (primary N) is 1. The van der Waals surface area contributed by atoms with Gasteiger partial charge in [0, 0.05) is 12.2 Å². The molecule has 0 aliphatic carbocycles. The van der Waals surface area contributed by atoms with Crippen molar-refractivity contribution in [3.05, 3.63) is 17.7 Å². The Morgan fingerprint density at radius 2 is 2.00 bits per heavy atom. The summed E-state index contributed by atoms with van der Waals surface area (Å²) in [7, 11) is -3.10. The van der Waals surface area contributed by atoms with E-state index in [1.165, 1.54) is 13.2 Å². The third-order valence-corrected chi connectivity index (χ3v) is 4.13. The number of rotatable bonds is 5. The number of aryl methyl sites for hydroxylation is 1. The van der Waals surface area contributed by atoms with E-state index in [1.807, 2.05) is 0 Å². The topological polar surface area (TPSA) is 102 Å². The molecule has 0 aliphatic rings. The lowest BCUT2D eigenvalue weighted by molar-refractivity contribution is -0.200. The van der Waals surface area contributed by atoms with Gasteiger partial charge < -0.3 is 15.6 Å². The van der Waals surface area contributed by atoms with Gasteiger partial charge in [-0.15, -0.1) is 0 Å². The highest BCUT2D eigenvalue weighted by molar-refractivity contribution is 7.89. The summed E-state index contributed by atoms with van der Waals surface area (Å²) in [6.07, 6.45) is -7.72. The van der Waals surface area contributed by atoms with E-state index >= 15 is 0 Å². The molecule has 10 heteroatoms. The van der Waals surface area contributed by atoms with Crippen LogP contribution >= 0.6 is 0 Å². The summed E-state index contributed by atoms with van der Waals surface area (Å²) in [6, 6.07) is 2.43. The number of nitrogen functional groups attached to an aromatic ring is 1. The van der Waals surface area contributed by atoms with E-state index in [0.29, 0.717) is 5.56 Å². The van der Waals surface area contributed by atoms with Crippen LogP contribution in [0.15, 0.2) is 17.0 Å². The molecule has 0 spiro atoms. The van der Waals surface area contributed by atoms with Crippen LogP contribution in [0.25, 0.3) is 0 Å². The number of hydrogen-bond acceptors (Lipinski definition) is 5. The van der Waals surface area contributed by atoms with Gasteiger partial charge in [-0.1, -0.05) is 0 Å². The average Bonchev–Trinajstić information content (AvgIpc) is 2.37. The van der Waals surface area contributed by atoms with Gasteiger partial charge in [0.1, 0.15) is 10.6 Å². The predicted octanol–water partition coefficient (Wildman–Crippen LogP) is 0.787. The van der Waals surface area contributed by atoms with Gasteiger partial charge >= 0.3 is 6.18 Å². The van der Waals surface area contributed by atoms with Gasteiger partial charge in [0.05, 0.1) is 7.11 Å². The van der Waals surface area contributed by atoms with Crippen LogP contribution in [0.3, 0.4) is 0 Å². The van der Waals surface area contributed by atoms with Gasteiger partial charge in [-0.25, -0.2) is 13.1 Å². The Labute approximate surface area is 119 Å². The largest absolute Gasteiger partial charge is 0.495 e. The summed E-state index contributed by atoms with van der Waals surface area (Å²) in [5, 5.41) is 8.81. The first-order valence-electron chi connectivity index (χ1n) is 5.67. The molecule has 0 fully saturated rings. The second-order valence-corrected chi connectivity index (χ2v) is 6.00. The number of alkyl halides is 3. The van der Waals surface area contributed by atoms with Gasteiger partial charge in [-0.2, -0.15) is 13.2 Å². The van der Waals surface area contributed by atoms with Gasteiger partial charge in [-0.05, 0) is 24.6 Å². The number of ether oxygens (including phenoxy) is 1. The van der Waals surface area contributed by atoms with Crippen molar-refractivity contribution in [1.29, 1.82) is 0 Å². The first-order chi connectivity index (χ1) is 9.49. The van der Waals surface area contributed by atoms with E-state index < -0.39 is 33.7 Å². The minimum atomic E-state index is -4.92. The van der Waals surface area contributed by atoms with Crippen molar-refractivity contribution in [2.45, 2.75) is 24.1 Å². The Balaban J connectivity index is 3.06. The molecule has 0 heterocycles. The summed E-state index contributed by atoms with van der Waals surface area (Å²) in [4.78, 5) is -0.400. The number of methoxy groups -OCH3 is 1. The van der Waals surface area contributed by atoms with Crippen LogP contribution < -0.4 is 15.2 Å². The summed E-state index contributed by atoms with van der Waals surface area (Å²) < 4.78 is 67.0. The monoisotopic (exact) mass is 328 g/mol. The lowest BCUT2D eigenvalue weighted by Crippen LogP contribution is -2.40. The third kappa shape index (κ3) is 4.22. The molecule has 21 heavy (non-hydrogen) atoms. The fraction of sp³-hybridized carbons (Fsp3) is 0.455. The van der Waals surface area contributed by atoms with E-state index in [1.54, 1.807) is 11.6 Å². The number of aliphatic hydroxyl groups excluding tert-OH is 1. The molecule has 0 saturated carbocycles. The zero-order valence-corrected chi connectivity index (χ0v) is 12.0. The first-order valence-corrected chi connectivity index (χ1v) is 7.16. The smallest absolute Gasteiger partial charge is 0.415 e. The molecule has 0 aliphatic heterocycles. The van der Waals surface area contributed by atoms with Crippen LogP contribution in [0, 0.1) is 6.92 Å². The van der Waals surface area contributed by atoms with Gasteiger partial charge in [-0.3, -0.25) is 0 Å². The molecule has 1 rings (SSSR count). The van der Waals surface area contributed by atoms with E-state index in [4.69, 9.17) is 15.6 Å². The normalized spacial score (nSPS) is 14.0. The number of sulfonamides is 1. The second kappa shape index (κ2) is 6.08. The fourth-order valence-electron chi connectivity index (χ4n) is 1.43. The quantitative estimate of drug-likeness (QED) is 0.694. The zero-order chi connectivity index (χ0) is 16.4. The SMILES string of the molecule is COc1cc(C)c(N)cc1S(=O)(=O)NCC(O)C(F)(F)F. The second-order valence-electron chi connectivity index (χ2n) is 4.27.